The van der Waals surface area contributed by atoms with Gasteiger partial charge in [-0.3, -0.25) is 19.1 Å². The Morgan fingerprint density at radius 3 is 2.69 bits per heavy atom. The van der Waals surface area contributed by atoms with E-state index in [4.69, 9.17) is 4.74 Å². The summed E-state index contributed by atoms with van der Waals surface area (Å²) in [6.45, 7) is -0.679. The molecule has 1 aliphatic heterocycles. The first kappa shape index (κ1) is 24.6. The lowest BCUT2D eigenvalue weighted by Crippen LogP contribution is -2.46. The summed E-state index contributed by atoms with van der Waals surface area (Å²) >= 11 is 0. The number of nitrogens with zero attached hydrogens (tertiary/aromatic N) is 3. The van der Waals surface area contributed by atoms with Crippen LogP contribution in [0.4, 0.5) is 4.39 Å². The molecule has 1 aliphatic rings. The van der Waals surface area contributed by atoms with E-state index in [2.05, 4.69) is 10.3 Å². The van der Waals surface area contributed by atoms with Gasteiger partial charge in [0.1, 0.15) is 34.6 Å². The highest BCUT2D eigenvalue weighted by Crippen LogP contribution is 2.37. The van der Waals surface area contributed by atoms with Gasteiger partial charge in [0.15, 0.2) is 11.5 Å². The van der Waals surface area contributed by atoms with E-state index >= 15 is 0 Å². The Labute approximate surface area is 200 Å². The van der Waals surface area contributed by atoms with Crippen LogP contribution in [-0.2, 0) is 13.0 Å². The summed E-state index contributed by atoms with van der Waals surface area (Å²) in [6, 6.07) is 5.82. The van der Waals surface area contributed by atoms with Gasteiger partial charge in [-0.15, -0.1) is 0 Å². The van der Waals surface area contributed by atoms with E-state index in [9.17, 15) is 29.3 Å². The summed E-state index contributed by atoms with van der Waals surface area (Å²) in [7, 11) is 3.65. The number of benzene rings is 1. The van der Waals surface area contributed by atoms with Crippen molar-refractivity contribution in [1.29, 1.82) is 0 Å². The first-order valence-electron chi connectivity index (χ1n) is 11.0. The molecule has 10 nitrogen and oxygen atoms in total. The second-order valence-corrected chi connectivity index (χ2v) is 8.96. The maximum Gasteiger partial charge on any atom is 0.268 e. The molecular weight excluding hydrogens is 459 g/mol. The maximum atomic E-state index is 13.4. The second-order valence-electron chi connectivity index (χ2n) is 8.96. The van der Waals surface area contributed by atoms with Gasteiger partial charge >= 0.3 is 0 Å². The third-order valence-corrected chi connectivity index (χ3v) is 5.88. The Morgan fingerprint density at radius 1 is 1.31 bits per heavy atom. The molecule has 1 aromatic carbocycles. The molecule has 186 valence electrons. The lowest BCUT2D eigenvalue weighted by Gasteiger charge is -2.24. The number of rotatable bonds is 7. The summed E-state index contributed by atoms with van der Waals surface area (Å²) < 4.78 is 20.3. The fourth-order valence-electron chi connectivity index (χ4n) is 3.99. The van der Waals surface area contributed by atoms with Gasteiger partial charge in [0.25, 0.3) is 11.5 Å². The van der Waals surface area contributed by atoms with Gasteiger partial charge in [0.05, 0.1) is 13.2 Å². The number of aliphatic hydroxyl groups is 2. The largest absolute Gasteiger partial charge is 0.505 e. The molecule has 4 N–H and O–H groups in total. The lowest BCUT2D eigenvalue weighted by molar-refractivity contribution is -0.0553. The van der Waals surface area contributed by atoms with Crippen LogP contribution in [0.3, 0.4) is 0 Å². The van der Waals surface area contributed by atoms with Crippen molar-refractivity contribution in [2.75, 3.05) is 40.4 Å². The molecule has 11 heteroatoms. The molecule has 3 heterocycles. The minimum atomic E-state index is -1.82. The van der Waals surface area contributed by atoms with E-state index < -0.39 is 35.0 Å². The van der Waals surface area contributed by atoms with Crippen molar-refractivity contribution in [3.8, 4) is 11.5 Å². The molecular formula is C24H27FN4O6. The number of likely N-dealkylation sites (N-methyl/N-ethyl adjacent to an activating group) is 1. The maximum absolute atomic E-state index is 13.4. The van der Waals surface area contributed by atoms with Crippen molar-refractivity contribution in [2.45, 2.75) is 18.6 Å². The predicted molar refractivity (Wildman–Crippen MR) is 125 cm³/mol. The molecule has 0 radical (unpaired) electrons. The van der Waals surface area contributed by atoms with Gasteiger partial charge < -0.3 is 30.3 Å². The van der Waals surface area contributed by atoms with Crippen LogP contribution in [0.15, 0.2) is 35.3 Å². The zero-order valence-electron chi connectivity index (χ0n) is 19.4. The molecule has 0 saturated carbocycles. The number of aromatic hydroxyl groups is 1. The lowest BCUT2D eigenvalue weighted by atomic mass is 10.0. The molecule has 1 amide bonds. The Morgan fingerprint density at radius 2 is 2.03 bits per heavy atom. The van der Waals surface area contributed by atoms with Crippen LogP contribution < -0.4 is 15.6 Å². The highest BCUT2D eigenvalue weighted by atomic mass is 19.1. The van der Waals surface area contributed by atoms with Crippen molar-refractivity contribution >= 4 is 16.9 Å². The average Bonchev–Trinajstić information content (AvgIpc) is 2.98. The molecule has 2 aromatic heterocycles. The molecule has 0 spiro atoms. The van der Waals surface area contributed by atoms with E-state index in [1.807, 2.05) is 19.0 Å². The van der Waals surface area contributed by atoms with Crippen molar-refractivity contribution in [3.05, 3.63) is 63.3 Å². The first-order valence-corrected chi connectivity index (χ1v) is 11.0. The number of hydrogen-bond acceptors (Lipinski definition) is 8. The number of amides is 1. The fraction of sp³-hybridized carbons (Fsp3) is 0.375. The second kappa shape index (κ2) is 9.61. The van der Waals surface area contributed by atoms with Crippen molar-refractivity contribution in [1.82, 2.24) is 19.8 Å². The number of halogens is 1. The Bertz CT molecular complexity index is 1320. The smallest absolute Gasteiger partial charge is 0.268 e. The van der Waals surface area contributed by atoms with Crippen molar-refractivity contribution < 1.29 is 29.2 Å². The molecule has 0 bridgehead atoms. The van der Waals surface area contributed by atoms with E-state index in [1.165, 1.54) is 18.3 Å². The van der Waals surface area contributed by atoms with E-state index in [0.29, 0.717) is 12.1 Å². The minimum Gasteiger partial charge on any atom is -0.505 e. The molecule has 4 rings (SSSR count). The van der Waals surface area contributed by atoms with Crippen molar-refractivity contribution in [2.24, 2.45) is 0 Å². The van der Waals surface area contributed by atoms with E-state index in [1.54, 1.807) is 12.1 Å². The number of aromatic nitrogens is 2. The third kappa shape index (κ3) is 4.83. The zero-order valence-corrected chi connectivity index (χ0v) is 19.4. The van der Waals surface area contributed by atoms with Gasteiger partial charge in [-0.05, 0) is 31.8 Å². The summed E-state index contributed by atoms with van der Waals surface area (Å²) in [6.07, 6.45) is 1.70. The van der Waals surface area contributed by atoms with Gasteiger partial charge in [0, 0.05) is 31.3 Å². The minimum absolute atomic E-state index is 0.0533. The third-order valence-electron chi connectivity index (χ3n) is 5.88. The van der Waals surface area contributed by atoms with Gasteiger partial charge in [0.2, 0.25) is 0 Å². The van der Waals surface area contributed by atoms with Crippen LogP contribution >= 0.6 is 0 Å². The topological polar surface area (TPSA) is 137 Å². The number of nitrogens with one attached hydrogen (secondary N) is 1. The van der Waals surface area contributed by atoms with Gasteiger partial charge in [-0.2, -0.15) is 0 Å². The zero-order chi connectivity index (χ0) is 25.3. The number of pyridine rings is 2. The Hall–Kier alpha value is -3.54. The normalized spacial score (nSPS) is 17.3. The first-order chi connectivity index (χ1) is 16.6. The fourth-order valence-corrected chi connectivity index (χ4v) is 3.99. The number of carbonyl (C=O) groups is 1. The molecule has 3 aromatic rings. The van der Waals surface area contributed by atoms with Gasteiger partial charge in [-0.1, -0.05) is 12.1 Å². The number of carbonyl (C=O) groups excluding carboxylic acids is 1. The highest BCUT2D eigenvalue weighted by molar-refractivity contribution is 6.02. The molecule has 0 saturated heterocycles. The van der Waals surface area contributed by atoms with Gasteiger partial charge in [-0.25, -0.2) is 4.39 Å². The van der Waals surface area contributed by atoms with Crippen molar-refractivity contribution in [3.63, 3.8) is 0 Å². The Balaban J connectivity index is 1.88. The quantitative estimate of drug-likeness (QED) is 0.373. The molecule has 0 aliphatic carbocycles. The Kier molecular flexibility index (Phi) is 6.75. The van der Waals surface area contributed by atoms with E-state index in [-0.39, 0.29) is 48.7 Å². The average molecular weight is 487 g/mol. The van der Waals surface area contributed by atoms with Crippen LogP contribution in [0.25, 0.3) is 11.0 Å². The van der Waals surface area contributed by atoms with Crippen LogP contribution in [0.1, 0.15) is 21.5 Å². The number of ether oxygens (including phenoxy) is 1. The summed E-state index contributed by atoms with van der Waals surface area (Å²) in [4.78, 5) is 32.4. The number of hydrogen-bond donors (Lipinski definition) is 4. The standard InChI is InChI=1S/C24H27FN4O6/c1-28(2)8-7-26-22(32)17-20(31)18-19-21(35-13-24(34,12-30)11-29(19)23(17)33)15(10-27-18)9-14-3-5-16(25)6-4-14/h3-6,10,30-31,34H,7-9,11-13H2,1-2H3,(H,26,32). The summed E-state index contributed by atoms with van der Waals surface area (Å²) in [5, 5.41) is 34.2. The number of aliphatic hydroxyl groups excluding tert-OH is 1. The van der Waals surface area contributed by atoms with Crippen LogP contribution in [-0.4, -0.2) is 81.7 Å². The SMILES string of the molecule is CN(C)CCNC(=O)c1c(O)c2ncc(Cc3ccc(F)cc3)c3c2n(c1=O)CC(O)(CO)CO3. The highest BCUT2D eigenvalue weighted by Gasteiger charge is 2.36. The predicted octanol–water partition coefficient (Wildman–Crippen LogP) is 0.239. The molecule has 1 unspecified atom stereocenters. The molecule has 1 atom stereocenters. The summed E-state index contributed by atoms with van der Waals surface area (Å²) in [5.74, 6) is -1.59. The van der Waals surface area contributed by atoms with E-state index in [0.717, 1.165) is 10.1 Å². The van der Waals surface area contributed by atoms with Crippen LogP contribution in [0, 0.1) is 5.82 Å². The molecule has 0 fully saturated rings. The molecule has 35 heavy (non-hydrogen) atoms. The monoisotopic (exact) mass is 486 g/mol. The van der Waals surface area contributed by atoms with Crippen LogP contribution in [0.2, 0.25) is 0 Å². The summed E-state index contributed by atoms with van der Waals surface area (Å²) in [5.41, 5.74) is -1.88. The van der Waals surface area contributed by atoms with Crippen LogP contribution in [0.5, 0.6) is 11.5 Å².